The van der Waals surface area contributed by atoms with Crippen LogP contribution >= 0.6 is 11.6 Å². The number of rotatable bonds is 7. The predicted octanol–water partition coefficient (Wildman–Crippen LogP) is 4.85. The normalized spacial score (nSPS) is 11.4. The van der Waals surface area contributed by atoms with Crippen LogP contribution < -0.4 is 14.8 Å². The van der Waals surface area contributed by atoms with Crippen molar-refractivity contribution >= 4 is 33.2 Å². The van der Waals surface area contributed by atoms with Crippen molar-refractivity contribution in [3.8, 4) is 17.6 Å². The fraction of sp³-hybridized carbons (Fsp3) is 0.136. The van der Waals surface area contributed by atoms with E-state index in [4.69, 9.17) is 16.3 Å². The Morgan fingerprint density at radius 1 is 1.17 bits per heavy atom. The maximum Gasteiger partial charge on any atom is 0.417 e. The lowest BCUT2D eigenvalue weighted by Gasteiger charge is -2.13. The Bertz CT molecular complexity index is 1410. The number of amides is 1. The molecule has 1 heterocycles. The summed E-state index contributed by atoms with van der Waals surface area (Å²) in [5.41, 5.74) is -0.695. The minimum absolute atomic E-state index is 0.135. The van der Waals surface area contributed by atoms with E-state index in [1.807, 2.05) is 0 Å². The van der Waals surface area contributed by atoms with Gasteiger partial charge in [-0.05, 0) is 48.5 Å². The number of anilines is 1. The molecular weight excluding hydrogens is 509 g/mol. The smallest absolute Gasteiger partial charge is 0.417 e. The summed E-state index contributed by atoms with van der Waals surface area (Å²) in [4.78, 5) is 14.7. The summed E-state index contributed by atoms with van der Waals surface area (Å²) in [7, 11) is -4.14. The summed E-state index contributed by atoms with van der Waals surface area (Å²) in [6.45, 7) is 1.52. The van der Waals surface area contributed by atoms with Crippen LogP contribution in [0.5, 0.6) is 11.5 Å². The number of sulfonamides is 1. The first-order valence-electron chi connectivity index (χ1n) is 9.70. The van der Waals surface area contributed by atoms with E-state index in [0.29, 0.717) is 11.8 Å². The zero-order chi connectivity index (χ0) is 25.8. The summed E-state index contributed by atoms with van der Waals surface area (Å²) < 4.78 is 72.4. The van der Waals surface area contributed by atoms with Crippen LogP contribution in [-0.2, 0) is 27.5 Å². The number of hydrogen-bond acceptors (Lipinski definition) is 6. The van der Waals surface area contributed by atoms with Gasteiger partial charge in [0.2, 0.25) is 5.91 Å². The van der Waals surface area contributed by atoms with Crippen molar-refractivity contribution in [2.75, 3.05) is 4.72 Å². The number of halogens is 4. The van der Waals surface area contributed by atoms with Gasteiger partial charge >= 0.3 is 6.18 Å². The van der Waals surface area contributed by atoms with E-state index in [2.05, 4.69) is 15.0 Å². The SMILES string of the molecule is CC(=O)NCc1ccc(NS(=O)(=O)c2ccc(Oc3ccc(Cl)c(C(F)(F)F)c3)c(C#N)c2)cn1. The fourth-order valence-corrected chi connectivity index (χ4v) is 4.08. The molecule has 0 fully saturated rings. The number of ether oxygens (including phenoxy) is 1. The van der Waals surface area contributed by atoms with Crippen LogP contribution in [0.15, 0.2) is 59.6 Å². The van der Waals surface area contributed by atoms with E-state index >= 15 is 0 Å². The van der Waals surface area contributed by atoms with Crippen molar-refractivity contribution in [1.82, 2.24) is 10.3 Å². The Hall–Kier alpha value is -3.82. The number of carbonyl (C=O) groups excluding carboxylic acids is 1. The number of nitrogens with zero attached hydrogens (tertiary/aromatic N) is 2. The summed E-state index contributed by atoms with van der Waals surface area (Å²) in [6, 6.07) is 10.9. The van der Waals surface area contributed by atoms with Gasteiger partial charge in [-0.15, -0.1) is 0 Å². The highest BCUT2D eigenvalue weighted by atomic mass is 35.5. The van der Waals surface area contributed by atoms with Gasteiger partial charge < -0.3 is 10.1 Å². The topological polar surface area (TPSA) is 121 Å². The Kier molecular flexibility index (Phi) is 7.52. The lowest BCUT2D eigenvalue weighted by atomic mass is 10.2. The number of alkyl halides is 3. The molecule has 3 rings (SSSR count). The maximum atomic E-state index is 13.1. The monoisotopic (exact) mass is 524 g/mol. The standard InChI is InChI=1S/C22H16ClF3N4O4S/c1-13(31)28-11-15-2-3-16(12-29-15)30-35(32,33)18-5-7-21(14(8-18)10-27)34-17-4-6-20(23)19(9-17)22(24,25)26/h2-9,12,30H,11H2,1H3,(H,28,31). The molecule has 0 spiro atoms. The summed E-state index contributed by atoms with van der Waals surface area (Å²) in [5, 5.41) is 11.5. The minimum atomic E-state index is -4.71. The van der Waals surface area contributed by atoms with Gasteiger partial charge in [0.1, 0.15) is 17.6 Å². The van der Waals surface area contributed by atoms with Crippen LogP contribution in [0.1, 0.15) is 23.7 Å². The van der Waals surface area contributed by atoms with Gasteiger partial charge in [0.25, 0.3) is 10.0 Å². The van der Waals surface area contributed by atoms with E-state index in [-0.39, 0.29) is 40.1 Å². The average Bonchev–Trinajstić information content (AvgIpc) is 2.79. The van der Waals surface area contributed by atoms with Crippen molar-refractivity contribution in [3.63, 3.8) is 0 Å². The molecule has 0 bridgehead atoms. The molecule has 0 saturated heterocycles. The van der Waals surface area contributed by atoms with Crippen molar-refractivity contribution in [2.45, 2.75) is 24.5 Å². The lowest BCUT2D eigenvalue weighted by molar-refractivity contribution is -0.137. The molecule has 0 radical (unpaired) electrons. The van der Waals surface area contributed by atoms with Crippen molar-refractivity contribution in [1.29, 1.82) is 5.26 Å². The Balaban J connectivity index is 1.81. The van der Waals surface area contributed by atoms with Gasteiger partial charge in [0, 0.05) is 6.92 Å². The first-order valence-corrected chi connectivity index (χ1v) is 11.6. The molecular formula is C22H16ClF3N4O4S. The van der Waals surface area contributed by atoms with Gasteiger partial charge in [0.15, 0.2) is 0 Å². The summed E-state index contributed by atoms with van der Waals surface area (Å²) in [6.07, 6.45) is -3.45. The molecule has 2 aromatic carbocycles. The number of pyridine rings is 1. The Morgan fingerprint density at radius 3 is 2.51 bits per heavy atom. The zero-order valence-corrected chi connectivity index (χ0v) is 19.4. The highest BCUT2D eigenvalue weighted by Crippen LogP contribution is 2.38. The number of nitrogens with one attached hydrogen (secondary N) is 2. The zero-order valence-electron chi connectivity index (χ0n) is 17.9. The molecule has 35 heavy (non-hydrogen) atoms. The Morgan fingerprint density at radius 2 is 1.91 bits per heavy atom. The van der Waals surface area contributed by atoms with E-state index in [1.165, 1.54) is 31.3 Å². The van der Waals surface area contributed by atoms with Crippen molar-refractivity contribution in [3.05, 3.63) is 76.6 Å². The molecule has 0 aliphatic rings. The van der Waals surface area contributed by atoms with Crippen LogP contribution in [0, 0.1) is 11.3 Å². The largest absolute Gasteiger partial charge is 0.456 e. The molecule has 13 heteroatoms. The third-order valence-corrected chi connectivity index (χ3v) is 6.16. The molecule has 182 valence electrons. The van der Waals surface area contributed by atoms with Crippen LogP contribution in [0.4, 0.5) is 18.9 Å². The van der Waals surface area contributed by atoms with E-state index in [0.717, 1.165) is 24.3 Å². The van der Waals surface area contributed by atoms with Crippen LogP contribution in [-0.4, -0.2) is 19.3 Å². The average molecular weight is 525 g/mol. The quantitative estimate of drug-likeness (QED) is 0.455. The summed E-state index contributed by atoms with van der Waals surface area (Å²) >= 11 is 5.59. The van der Waals surface area contributed by atoms with Gasteiger partial charge in [-0.1, -0.05) is 11.6 Å². The molecule has 2 N–H and O–H groups in total. The van der Waals surface area contributed by atoms with Crippen molar-refractivity contribution in [2.24, 2.45) is 0 Å². The first kappa shape index (κ1) is 25.8. The predicted molar refractivity (Wildman–Crippen MR) is 120 cm³/mol. The maximum absolute atomic E-state index is 13.1. The summed E-state index contributed by atoms with van der Waals surface area (Å²) in [5.74, 6) is -0.627. The van der Waals surface area contributed by atoms with Crippen LogP contribution in [0.3, 0.4) is 0 Å². The third kappa shape index (κ3) is 6.62. The van der Waals surface area contributed by atoms with Gasteiger partial charge in [-0.2, -0.15) is 18.4 Å². The second-order valence-electron chi connectivity index (χ2n) is 7.06. The molecule has 0 aliphatic heterocycles. The Labute approximate surface area is 203 Å². The molecule has 0 saturated carbocycles. The number of nitriles is 1. The number of carbonyl (C=O) groups is 1. The molecule has 0 atom stereocenters. The molecule has 3 aromatic rings. The number of aromatic nitrogens is 1. The minimum Gasteiger partial charge on any atom is -0.456 e. The van der Waals surface area contributed by atoms with E-state index in [9.17, 15) is 31.6 Å². The van der Waals surface area contributed by atoms with Gasteiger partial charge in [0.05, 0.1) is 45.2 Å². The fourth-order valence-electron chi connectivity index (χ4n) is 2.78. The second-order valence-corrected chi connectivity index (χ2v) is 9.15. The number of hydrogen-bond donors (Lipinski definition) is 2. The number of benzene rings is 2. The molecule has 0 aliphatic carbocycles. The second kappa shape index (κ2) is 10.2. The molecule has 1 amide bonds. The van der Waals surface area contributed by atoms with E-state index < -0.39 is 26.8 Å². The highest BCUT2D eigenvalue weighted by Gasteiger charge is 2.33. The van der Waals surface area contributed by atoms with Crippen molar-refractivity contribution < 1.29 is 31.1 Å². The molecule has 1 aromatic heterocycles. The van der Waals surface area contributed by atoms with Gasteiger partial charge in [-0.25, -0.2) is 8.42 Å². The third-order valence-electron chi connectivity index (χ3n) is 4.45. The first-order chi connectivity index (χ1) is 16.4. The molecule has 0 unspecified atom stereocenters. The highest BCUT2D eigenvalue weighted by molar-refractivity contribution is 7.92. The molecule has 8 nitrogen and oxygen atoms in total. The lowest BCUT2D eigenvalue weighted by Crippen LogP contribution is -2.19. The van der Waals surface area contributed by atoms with Crippen LogP contribution in [0.2, 0.25) is 5.02 Å². The van der Waals surface area contributed by atoms with Gasteiger partial charge in [-0.3, -0.25) is 14.5 Å². The van der Waals surface area contributed by atoms with Crippen LogP contribution in [0.25, 0.3) is 0 Å². The van der Waals surface area contributed by atoms with E-state index in [1.54, 1.807) is 6.07 Å².